The molecule has 0 amide bonds. The van der Waals surface area contributed by atoms with Gasteiger partial charge in [-0.1, -0.05) is 31.0 Å². The standard InChI is InChI=1S/C18H26ClNO5/c1-4-7-18(17(22)23)8-9-20(11-14(18)21)10-12-5-6-13(24-2)16(25-3)15(12)19/h5-6,14,21H,4,7-11H2,1-3H3,(H,22,23)/t14-,18-/m0/s1. The van der Waals surface area contributed by atoms with Gasteiger partial charge in [-0.2, -0.15) is 0 Å². The van der Waals surface area contributed by atoms with Crippen molar-refractivity contribution in [1.29, 1.82) is 0 Å². The molecule has 0 saturated carbocycles. The zero-order valence-corrected chi connectivity index (χ0v) is 15.7. The minimum absolute atomic E-state index is 0.303. The van der Waals surface area contributed by atoms with E-state index in [0.29, 0.717) is 49.0 Å². The second-order valence-electron chi connectivity index (χ2n) is 6.49. The maximum absolute atomic E-state index is 11.7. The number of aliphatic hydroxyl groups excluding tert-OH is 1. The Balaban J connectivity index is 2.15. The molecule has 7 heteroatoms. The molecule has 1 aliphatic heterocycles. The first kappa shape index (κ1) is 19.8. The van der Waals surface area contributed by atoms with Gasteiger partial charge in [0.2, 0.25) is 0 Å². The summed E-state index contributed by atoms with van der Waals surface area (Å²) in [5.74, 6) is 0.124. The van der Waals surface area contributed by atoms with E-state index in [-0.39, 0.29) is 0 Å². The minimum atomic E-state index is -1.05. The number of hydrogen-bond donors (Lipinski definition) is 2. The number of carbonyl (C=O) groups is 1. The van der Waals surface area contributed by atoms with Crippen LogP contribution in [0.2, 0.25) is 5.02 Å². The van der Waals surface area contributed by atoms with Gasteiger partial charge in [-0.3, -0.25) is 9.69 Å². The third kappa shape index (κ3) is 3.86. The smallest absolute Gasteiger partial charge is 0.312 e. The van der Waals surface area contributed by atoms with Crippen LogP contribution in [0.15, 0.2) is 12.1 Å². The number of β-amino-alcohol motifs (C(OH)–C–C–N with tert-alkyl or cyclic N) is 1. The maximum Gasteiger partial charge on any atom is 0.312 e. The SMILES string of the molecule is CCC[C@]1(C(=O)O)CCN(Cc2ccc(OC)c(OC)c2Cl)C[C@@H]1O. The molecule has 1 heterocycles. The Hall–Kier alpha value is -1.50. The van der Waals surface area contributed by atoms with Crippen molar-refractivity contribution in [3.63, 3.8) is 0 Å². The van der Waals surface area contributed by atoms with Crippen LogP contribution in [-0.2, 0) is 11.3 Å². The van der Waals surface area contributed by atoms with Crippen molar-refractivity contribution in [3.05, 3.63) is 22.7 Å². The molecule has 2 rings (SSSR count). The second-order valence-corrected chi connectivity index (χ2v) is 6.86. The third-order valence-corrected chi connectivity index (χ3v) is 5.44. The average molecular weight is 372 g/mol. The van der Waals surface area contributed by atoms with Gasteiger partial charge in [0.15, 0.2) is 11.5 Å². The van der Waals surface area contributed by atoms with E-state index in [1.807, 2.05) is 17.9 Å². The first-order chi connectivity index (χ1) is 11.9. The van der Waals surface area contributed by atoms with Gasteiger partial charge in [0, 0.05) is 13.1 Å². The number of piperidine rings is 1. The summed E-state index contributed by atoms with van der Waals surface area (Å²) < 4.78 is 10.5. The molecule has 2 N–H and O–H groups in total. The predicted molar refractivity (Wildman–Crippen MR) is 95.4 cm³/mol. The van der Waals surface area contributed by atoms with Crippen LogP contribution in [0.3, 0.4) is 0 Å². The van der Waals surface area contributed by atoms with Crippen LogP contribution < -0.4 is 9.47 Å². The maximum atomic E-state index is 11.7. The van der Waals surface area contributed by atoms with Crippen LogP contribution in [0.25, 0.3) is 0 Å². The lowest BCUT2D eigenvalue weighted by Crippen LogP contribution is -2.54. The van der Waals surface area contributed by atoms with Crippen molar-refractivity contribution in [3.8, 4) is 11.5 Å². The van der Waals surface area contributed by atoms with E-state index >= 15 is 0 Å². The van der Waals surface area contributed by atoms with Gasteiger partial charge in [-0.15, -0.1) is 0 Å². The molecular weight excluding hydrogens is 346 g/mol. The van der Waals surface area contributed by atoms with Gasteiger partial charge in [-0.05, 0) is 31.0 Å². The van der Waals surface area contributed by atoms with Gasteiger partial charge in [0.25, 0.3) is 0 Å². The fourth-order valence-corrected chi connectivity index (χ4v) is 3.86. The number of benzene rings is 1. The molecule has 1 saturated heterocycles. The zero-order valence-electron chi connectivity index (χ0n) is 14.9. The summed E-state index contributed by atoms with van der Waals surface area (Å²) in [7, 11) is 3.08. The monoisotopic (exact) mass is 371 g/mol. The highest BCUT2D eigenvalue weighted by molar-refractivity contribution is 6.33. The summed E-state index contributed by atoms with van der Waals surface area (Å²) in [6.45, 7) is 3.34. The number of hydrogen-bond acceptors (Lipinski definition) is 5. The molecule has 1 aliphatic rings. The van der Waals surface area contributed by atoms with Gasteiger partial charge in [0.1, 0.15) is 0 Å². The van der Waals surface area contributed by atoms with E-state index in [9.17, 15) is 15.0 Å². The lowest BCUT2D eigenvalue weighted by atomic mass is 9.73. The molecule has 1 aromatic carbocycles. The van der Waals surface area contributed by atoms with E-state index in [0.717, 1.165) is 12.0 Å². The molecule has 6 nitrogen and oxygen atoms in total. The average Bonchev–Trinajstić information content (AvgIpc) is 2.58. The van der Waals surface area contributed by atoms with Crippen molar-refractivity contribution < 1.29 is 24.5 Å². The lowest BCUT2D eigenvalue weighted by molar-refractivity contribution is -0.164. The highest BCUT2D eigenvalue weighted by Gasteiger charge is 2.47. The highest BCUT2D eigenvalue weighted by Crippen LogP contribution is 2.40. The van der Waals surface area contributed by atoms with Gasteiger partial charge >= 0.3 is 5.97 Å². The van der Waals surface area contributed by atoms with Crippen LogP contribution in [0, 0.1) is 5.41 Å². The van der Waals surface area contributed by atoms with E-state index in [1.165, 1.54) is 7.11 Å². The molecule has 0 aliphatic carbocycles. The second kappa shape index (κ2) is 8.25. The number of rotatable bonds is 7. The summed E-state index contributed by atoms with van der Waals surface area (Å²) in [4.78, 5) is 13.7. The number of methoxy groups -OCH3 is 2. The lowest BCUT2D eigenvalue weighted by Gasteiger charge is -2.42. The van der Waals surface area contributed by atoms with Crippen LogP contribution >= 0.6 is 11.6 Å². The van der Waals surface area contributed by atoms with Gasteiger partial charge in [-0.25, -0.2) is 0 Å². The number of ether oxygens (including phenoxy) is 2. The first-order valence-corrected chi connectivity index (χ1v) is 8.80. The summed E-state index contributed by atoms with van der Waals surface area (Å²) >= 11 is 6.42. The Labute approximate surface area is 153 Å². The Morgan fingerprint density at radius 3 is 2.64 bits per heavy atom. The molecular formula is C18H26ClNO5. The van der Waals surface area contributed by atoms with Crippen molar-refractivity contribution in [2.45, 2.75) is 38.8 Å². The Morgan fingerprint density at radius 1 is 1.40 bits per heavy atom. The fraction of sp³-hybridized carbons (Fsp3) is 0.611. The molecule has 1 aromatic rings. The number of nitrogens with zero attached hydrogens (tertiary/aromatic N) is 1. The molecule has 25 heavy (non-hydrogen) atoms. The zero-order chi connectivity index (χ0) is 18.6. The van der Waals surface area contributed by atoms with Crippen LogP contribution in [0.1, 0.15) is 31.7 Å². The Morgan fingerprint density at radius 2 is 2.12 bits per heavy atom. The molecule has 1 fully saturated rings. The molecule has 0 aromatic heterocycles. The summed E-state index contributed by atoms with van der Waals surface area (Å²) in [5.41, 5.74) is -0.197. The summed E-state index contributed by atoms with van der Waals surface area (Å²) in [6, 6.07) is 3.65. The number of halogens is 1. The molecule has 0 bridgehead atoms. The highest BCUT2D eigenvalue weighted by atomic mass is 35.5. The molecule has 140 valence electrons. The predicted octanol–water partition coefficient (Wildman–Crippen LogP) is 2.79. The van der Waals surface area contributed by atoms with E-state index < -0.39 is 17.5 Å². The molecule has 0 unspecified atom stereocenters. The number of carboxylic acid groups (broad SMARTS) is 1. The minimum Gasteiger partial charge on any atom is -0.493 e. The van der Waals surface area contributed by atoms with Crippen molar-refractivity contribution >= 4 is 17.6 Å². The number of aliphatic hydroxyl groups is 1. The van der Waals surface area contributed by atoms with Crippen LogP contribution in [0.4, 0.5) is 0 Å². The summed E-state index contributed by atoms with van der Waals surface area (Å²) in [6.07, 6.45) is 0.722. The van der Waals surface area contributed by atoms with Crippen molar-refractivity contribution in [2.24, 2.45) is 5.41 Å². The number of likely N-dealkylation sites (tertiary alicyclic amines) is 1. The summed E-state index contributed by atoms with van der Waals surface area (Å²) in [5, 5.41) is 20.6. The van der Waals surface area contributed by atoms with Crippen molar-refractivity contribution in [2.75, 3.05) is 27.3 Å². The molecule has 0 spiro atoms. The number of aliphatic carboxylic acids is 1. The van der Waals surface area contributed by atoms with Crippen molar-refractivity contribution in [1.82, 2.24) is 4.90 Å². The first-order valence-electron chi connectivity index (χ1n) is 8.42. The number of carboxylic acids is 1. The van der Waals surface area contributed by atoms with E-state index in [1.54, 1.807) is 13.2 Å². The normalized spacial score (nSPS) is 24.1. The van der Waals surface area contributed by atoms with Gasteiger partial charge in [0.05, 0.1) is 30.8 Å². The van der Waals surface area contributed by atoms with Crippen LogP contribution in [0.5, 0.6) is 11.5 Å². The molecule has 2 atom stereocenters. The van der Waals surface area contributed by atoms with Crippen LogP contribution in [-0.4, -0.2) is 54.5 Å². The Kier molecular flexibility index (Phi) is 6.54. The largest absolute Gasteiger partial charge is 0.493 e. The third-order valence-electron chi connectivity index (χ3n) is 5.02. The Bertz CT molecular complexity index is 624. The quantitative estimate of drug-likeness (QED) is 0.767. The molecule has 0 radical (unpaired) electrons. The topological polar surface area (TPSA) is 79.2 Å². The van der Waals surface area contributed by atoms with E-state index in [4.69, 9.17) is 21.1 Å². The van der Waals surface area contributed by atoms with Gasteiger partial charge < -0.3 is 19.7 Å². The fourth-order valence-electron chi connectivity index (χ4n) is 3.57. The van der Waals surface area contributed by atoms with E-state index in [2.05, 4.69) is 0 Å².